The Balaban J connectivity index is 1.37. The Kier molecular flexibility index (Phi) is 6.39. The number of hydrogen-bond donors (Lipinski definition) is 2. The van der Waals surface area contributed by atoms with Crippen LogP contribution in [0.5, 0.6) is 0 Å². The van der Waals surface area contributed by atoms with Crippen LogP contribution in [-0.4, -0.2) is 48.0 Å². The van der Waals surface area contributed by atoms with E-state index in [4.69, 9.17) is 0 Å². The fourth-order valence-corrected chi connectivity index (χ4v) is 4.84. The molecule has 31 heavy (non-hydrogen) atoms. The molecule has 2 heterocycles. The molecule has 0 aromatic heterocycles. The van der Waals surface area contributed by atoms with Crippen LogP contribution >= 0.6 is 0 Å². The lowest BCUT2D eigenvalue weighted by atomic mass is 9.80. The number of nitrogens with one attached hydrogen (secondary N) is 1. The van der Waals surface area contributed by atoms with Gasteiger partial charge in [0.15, 0.2) is 0 Å². The molecule has 2 amide bonds. The van der Waals surface area contributed by atoms with Gasteiger partial charge >= 0.3 is 0 Å². The van der Waals surface area contributed by atoms with E-state index in [2.05, 4.69) is 22.3 Å². The standard InChI is InChI=1S/C25H31N3O3/c1-19(29)26-25(21-6-3-2-4-7-21)13-16-27(17-14-25)18-23(30)20-9-11-22(12-10-20)28-15-5-8-24(28)31/h2-4,6-7,9-12,23,30H,5,8,13-18H2,1H3,(H,26,29). The third kappa shape index (κ3) is 4.81. The van der Waals surface area contributed by atoms with Crippen molar-refractivity contribution in [1.82, 2.24) is 10.2 Å². The minimum absolute atomic E-state index is 0.0195. The Labute approximate surface area is 183 Å². The average Bonchev–Trinajstić information content (AvgIpc) is 3.21. The second-order valence-electron chi connectivity index (χ2n) is 8.69. The van der Waals surface area contributed by atoms with Gasteiger partial charge in [-0.1, -0.05) is 42.5 Å². The van der Waals surface area contributed by atoms with E-state index in [9.17, 15) is 14.7 Å². The molecule has 1 atom stereocenters. The maximum Gasteiger partial charge on any atom is 0.227 e. The quantitative estimate of drug-likeness (QED) is 0.752. The lowest BCUT2D eigenvalue weighted by Crippen LogP contribution is -2.53. The van der Waals surface area contributed by atoms with Crippen molar-refractivity contribution >= 4 is 17.5 Å². The summed E-state index contributed by atoms with van der Waals surface area (Å²) in [6, 6.07) is 17.8. The normalized spacial score (nSPS) is 19.9. The lowest BCUT2D eigenvalue weighted by Gasteiger charge is -2.43. The van der Waals surface area contributed by atoms with Crippen LogP contribution in [0.25, 0.3) is 0 Å². The zero-order chi connectivity index (χ0) is 21.8. The number of anilines is 1. The van der Waals surface area contributed by atoms with Gasteiger partial charge in [0, 0.05) is 45.2 Å². The van der Waals surface area contributed by atoms with Gasteiger partial charge in [-0.05, 0) is 42.5 Å². The topological polar surface area (TPSA) is 72.9 Å². The third-order valence-corrected chi connectivity index (χ3v) is 6.55. The number of rotatable bonds is 6. The minimum Gasteiger partial charge on any atom is -0.387 e. The highest BCUT2D eigenvalue weighted by molar-refractivity contribution is 5.95. The number of nitrogens with zero attached hydrogens (tertiary/aromatic N) is 2. The molecule has 1 unspecified atom stereocenters. The Morgan fingerprint density at radius 3 is 2.32 bits per heavy atom. The van der Waals surface area contributed by atoms with Gasteiger partial charge in [-0.15, -0.1) is 0 Å². The fourth-order valence-electron chi connectivity index (χ4n) is 4.84. The Hall–Kier alpha value is -2.70. The van der Waals surface area contributed by atoms with Crippen molar-refractivity contribution in [2.75, 3.05) is 31.1 Å². The predicted octanol–water partition coefficient (Wildman–Crippen LogP) is 2.97. The van der Waals surface area contributed by atoms with Crippen LogP contribution in [0.15, 0.2) is 54.6 Å². The molecule has 0 saturated carbocycles. The molecule has 2 aromatic carbocycles. The van der Waals surface area contributed by atoms with Gasteiger partial charge < -0.3 is 20.2 Å². The van der Waals surface area contributed by atoms with Gasteiger partial charge in [-0.3, -0.25) is 9.59 Å². The van der Waals surface area contributed by atoms with Gasteiger partial charge in [-0.25, -0.2) is 0 Å². The van der Waals surface area contributed by atoms with Crippen molar-refractivity contribution in [3.05, 3.63) is 65.7 Å². The number of piperidine rings is 1. The van der Waals surface area contributed by atoms with E-state index >= 15 is 0 Å². The summed E-state index contributed by atoms with van der Waals surface area (Å²) in [5, 5.41) is 14.0. The number of aliphatic hydroxyl groups excluding tert-OH is 1. The van der Waals surface area contributed by atoms with Crippen LogP contribution in [0, 0.1) is 0 Å². The molecule has 6 heteroatoms. The maximum atomic E-state index is 11.9. The molecular weight excluding hydrogens is 390 g/mol. The number of likely N-dealkylation sites (tertiary alicyclic amines) is 1. The number of carbonyl (C=O) groups excluding carboxylic acids is 2. The molecule has 2 saturated heterocycles. The molecule has 2 N–H and O–H groups in total. The molecule has 6 nitrogen and oxygen atoms in total. The largest absolute Gasteiger partial charge is 0.387 e. The van der Waals surface area contributed by atoms with Crippen LogP contribution in [0.1, 0.15) is 49.8 Å². The Bertz CT molecular complexity index is 905. The van der Waals surface area contributed by atoms with Crippen molar-refractivity contribution in [2.45, 2.75) is 44.2 Å². The van der Waals surface area contributed by atoms with E-state index in [1.54, 1.807) is 6.92 Å². The lowest BCUT2D eigenvalue weighted by molar-refractivity contribution is -0.122. The number of benzene rings is 2. The molecule has 4 rings (SSSR count). The van der Waals surface area contributed by atoms with Crippen LogP contribution in [0.4, 0.5) is 5.69 Å². The van der Waals surface area contributed by atoms with E-state index in [1.807, 2.05) is 47.4 Å². The maximum absolute atomic E-state index is 11.9. The molecule has 0 radical (unpaired) electrons. The van der Waals surface area contributed by atoms with Crippen molar-refractivity contribution < 1.29 is 14.7 Å². The molecule has 0 aliphatic carbocycles. The summed E-state index contributed by atoms with van der Waals surface area (Å²) >= 11 is 0. The Morgan fingerprint density at radius 1 is 1.06 bits per heavy atom. The monoisotopic (exact) mass is 421 g/mol. The molecule has 164 valence electrons. The second kappa shape index (κ2) is 9.20. The number of amides is 2. The zero-order valence-electron chi connectivity index (χ0n) is 18.1. The molecule has 2 fully saturated rings. The summed E-state index contributed by atoms with van der Waals surface area (Å²) < 4.78 is 0. The predicted molar refractivity (Wildman–Crippen MR) is 121 cm³/mol. The van der Waals surface area contributed by atoms with Crippen molar-refractivity contribution in [1.29, 1.82) is 0 Å². The van der Waals surface area contributed by atoms with E-state index < -0.39 is 6.10 Å². The first-order valence-electron chi connectivity index (χ1n) is 11.1. The van der Waals surface area contributed by atoms with Gasteiger partial charge in [0.25, 0.3) is 0 Å². The summed E-state index contributed by atoms with van der Waals surface area (Å²) in [6.45, 7) is 4.48. The molecule has 2 aliphatic heterocycles. The summed E-state index contributed by atoms with van der Waals surface area (Å²) in [5.41, 5.74) is 2.55. The van der Waals surface area contributed by atoms with Gasteiger partial charge in [0.2, 0.25) is 11.8 Å². The molecule has 0 spiro atoms. The zero-order valence-corrected chi connectivity index (χ0v) is 18.1. The number of β-amino-alcohol motifs (C(OH)–C–C–N with tert-alkyl or cyclic N) is 1. The minimum atomic E-state index is -0.590. The molecular formula is C25H31N3O3. The summed E-state index contributed by atoms with van der Waals surface area (Å²) in [7, 11) is 0. The third-order valence-electron chi connectivity index (χ3n) is 6.55. The second-order valence-corrected chi connectivity index (χ2v) is 8.69. The van der Waals surface area contributed by atoms with Gasteiger partial charge in [0.1, 0.15) is 0 Å². The number of aliphatic hydroxyl groups is 1. The molecule has 0 bridgehead atoms. The van der Waals surface area contributed by atoms with E-state index in [0.29, 0.717) is 13.0 Å². The highest BCUT2D eigenvalue weighted by Gasteiger charge is 2.37. The Morgan fingerprint density at radius 2 is 1.74 bits per heavy atom. The van der Waals surface area contributed by atoms with E-state index in [0.717, 1.165) is 55.7 Å². The average molecular weight is 422 g/mol. The first-order valence-corrected chi connectivity index (χ1v) is 11.1. The van der Waals surface area contributed by atoms with Crippen molar-refractivity contribution in [2.24, 2.45) is 0 Å². The summed E-state index contributed by atoms with van der Waals surface area (Å²) in [5.74, 6) is 0.150. The van der Waals surface area contributed by atoms with Crippen LogP contribution in [0.3, 0.4) is 0 Å². The van der Waals surface area contributed by atoms with Crippen molar-refractivity contribution in [3.8, 4) is 0 Å². The van der Waals surface area contributed by atoms with Crippen LogP contribution in [0.2, 0.25) is 0 Å². The van der Waals surface area contributed by atoms with Crippen LogP contribution < -0.4 is 10.2 Å². The highest BCUT2D eigenvalue weighted by Crippen LogP contribution is 2.34. The summed E-state index contributed by atoms with van der Waals surface area (Å²) in [6.07, 6.45) is 2.54. The summed E-state index contributed by atoms with van der Waals surface area (Å²) in [4.78, 5) is 27.9. The molecule has 2 aliphatic rings. The van der Waals surface area contributed by atoms with Crippen LogP contribution in [-0.2, 0) is 15.1 Å². The number of hydrogen-bond acceptors (Lipinski definition) is 4. The number of carbonyl (C=O) groups is 2. The van der Waals surface area contributed by atoms with Gasteiger partial charge in [-0.2, -0.15) is 0 Å². The first kappa shape index (κ1) is 21.5. The van der Waals surface area contributed by atoms with E-state index in [-0.39, 0.29) is 17.4 Å². The van der Waals surface area contributed by atoms with E-state index in [1.165, 1.54) is 0 Å². The van der Waals surface area contributed by atoms with Crippen molar-refractivity contribution in [3.63, 3.8) is 0 Å². The highest BCUT2D eigenvalue weighted by atomic mass is 16.3. The van der Waals surface area contributed by atoms with Gasteiger partial charge in [0.05, 0.1) is 11.6 Å². The molecule has 2 aromatic rings. The SMILES string of the molecule is CC(=O)NC1(c2ccccc2)CCN(CC(O)c2ccc(N3CCCC3=O)cc2)CC1. The fraction of sp³-hybridized carbons (Fsp3) is 0.440. The first-order chi connectivity index (χ1) is 15.0. The smallest absolute Gasteiger partial charge is 0.227 e.